The number of carboxylic acid groups (broad SMARTS) is 1. The second-order valence-corrected chi connectivity index (χ2v) is 7.78. The summed E-state index contributed by atoms with van der Waals surface area (Å²) in [4.78, 5) is 28.9. The van der Waals surface area contributed by atoms with Crippen LogP contribution in [0.4, 0.5) is 4.39 Å². The minimum absolute atomic E-state index is 0.168. The third-order valence-corrected chi connectivity index (χ3v) is 5.62. The molecule has 2 aromatic heterocycles. The van der Waals surface area contributed by atoms with Gasteiger partial charge in [0.05, 0.1) is 19.8 Å². The number of methoxy groups -OCH3 is 2. The highest BCUT2D eigenvalue weighted by Gasteiger charge is 2.23. The molecule has 4 aromatic rings. The van der Waals surface area contributed by atoms with Crippen LogP contribution in [0.25, 0.3) is 11.0 Å². The number of benzene rings is 2. The summed E-state index contributed by atoms with van der Waals surface area (Å²) < 4.78 is 31.5. The van der Waals surface area contributed by atoms with Gasteiger partial charge in [0.15, 0.2) is 24.0 Å². The molecule has 8 nitrogen and oxygen atoms in total. The van der Waals surface area contributed by atoms with Crippen LogP contribution in [-0.4, -0.2) is 47.2 Å². The summed E-state index contributed by atoms with van der Waals surface area (Å²) in [5, 5.41) is 9.49. The number of halogens is 1. The van der Waals surface area contributed by atoms with Gasteiger partial charge in [0.25, 0.3) is 0 Å². The number of carboxylic acids is 1. The summed E-state index contributed by atoms with van der Waals surface area (Å²) in [7, 11) is 3.06. The van der Waals surface area contributed by atoms with E-state index in [0.717, 1.165) is 0 Å². The summed E-state index contributed by atoms with van der Waals surface area (Å²) in [6, 6.07) is 14.5. The van der Waals surface area contributed by atoms with Crippen LogP contribution in [0.3, 0.4) is 0 Å². The van der Waals surface area contributed by atoms with E-state index in [-0.39, 0.29) is 18.1 Å². The first-order valence-electron chi connectivity index (χ1n) is 10.7. The highest BCUT2D eigenvalue weighted by molar-refractivity contribution is 6.17. The van der Waals surface area contributed by atoms with Crippen LogP contribution in [0.15, 0.2) is 54.6 Å². The first-order chi connectivity index (χ1) is 16.8. The van der Waals surface area contributed by atoms with Crippen molar-refractivity contribution >= 4 is 22.8 Å². The van der Waals surface area contributed by atoms with Gasteiger partial charge in [-0.25, -0.2) is 9.18 Å². The molecule has 0 aliphatic heterocycles. The van der Waals surface area contributed by atoms with Gasteiger partial charge in [0, 0.05) is 29.3 Å². The zero-order valence-electron chi connectivity index (χ0n) is 19.4. The van der Waals surface area contributed by atoms with E-state index in [1.54, 1.807) is 49.6 Å². The molecule has 0 fully saturated rings. The minimum atomic E-state index is -1.21. The number of nitrogens with zero attached hydrogens (tertiary/aromatic N) is 2. The largest absolute Gasteiger partial charge is 0.497 e. The van der Waals surface area contributed by atoms with Gasteiger partial charge in [0.1, 0.15) is 11.4 Å². The molecule has 2 aromatic carbocycles. The molecule has 0 atom stereocenters. The molecule has 0 spiro atoms. The lowest BCUT2D eigenvalue weighted by molar-refractivity contribution is -0.139. The fraction of sp³-hybridized carbons (Fsp3) is 0.192. The first-order valence-corrected chi connectivity index (χ1v) is 10.7. The van der Waals surface area contributed by atoms with E-state index in [9.17, 15) is 14.0 Å². The Bertz CT molecular complexity index is 1410. The molecule has 4 rings (SSSR count). The summed E-state index contributed by atoms with van der Waals surface area (Å²) in [5.41, 5.74) is 2.81. The molecule has 0 amide bonds. The summed E-state index contributed by atoms with van der Waals surface area (Å²) in [5.74, 6) is -1.20. The Balaban J connectivity index is 1.79. The fourth-order valence-corrected chi connectivity index (χ4v) is 3.88. The van der Waals surface area contributed by atoms with Crippen molar-refractivity contribution in [3.05, 3.63) is 82.8 Å². The Morgan fingerprint density at radius 3 is 2.43 bits per heavy atom. The molecule has 0 radical (unpaired) electrons. The van der Waals surface area contributed by atoms with Gasteiger partial charge < -0.3 is 23.9 Å². The molecule has 35 heavy (non-hydrogen) atoms. The fourth-order valence-electron chi connectivity index (χ4n) is 3.88. The monoisotopic (exact) mass is 478 g/mol. The maximum Gasteiger partial charge on any atom is 0.341 e. The van der Waals surface area contributed by atoms with Crippen molar-refractivity contribution in [2.24, 2.45) is 0 Å². The average molecular weight is 478 g/mol. The lowest BCUT2D eigenvalue weighted by Crippen LogP contribution is -2.11. The Morgan fingerprint density at radius 2 is 1.77 bits per heavy atom. The van der Waals surface area contributed by atoms with Crippen molar-refractivity contribution in [2.75, 3.05) is 20.8 Å². The SMILES string of the molecule is COc1ccc(C(=O)c2c(C)n(Cc3ccc(F)c(OCC(=O)O)c3)c3nc(OC)ccc23)cc1. The van der Waals surface area contributed by atoms with Crippen molar-refractivity contribution in [2.45, 2.75) is 13.5 Å². The topological polar surface area (TPSA) is 99.9 Å². The predicted octanol–water partition coefficient (Wildman–Crippen LogP) is 4.24. The van der Waals surface area contributed by atoms with Crippen molar-refractivity contribution in [1.29, 1.82) is 0 Å². The first kappa shape index (κ1) is 23.7. The molecule has 0 aliphatic rings. The normalized spacial score (nSPS) is 10.9. The quantitative estimate of drug-likeness (QED) is 0.359. The van der Waals surface area contributed by atoms with Crippen molar-refractivity contribution in [3.8, 4) is 17.4 Å². The van der Waals surface area contributed by atoms with E-state index in [2.05, 4.69) is 4.98 Å². The number of hydrogen-bond acceptors (Lipinski definition) is 6. The molecule has 180 valence electrons. The summed E-state index contributed by atoms with van der Waals surface area (Å²) in [6.45, 7) is 1.39. The number of fused-ring (bicyclic) bond motifs is 1. The number of rotatable bonds is 9. The second kappa shape index (κ2) is 9.84. The highest BCUT2D eigenvalue weighted by atomic mass is 19.1. The van der Waals surface area contributed by atoms with Crippen molar-refractivity contribution in [3.63, 3.8) is 0 Å². The highest BCUT2D eigenvalue weighted by Crippen LogP contribution is 2.30. The average Bonchev–Trinajstić information content (AvgIpc) is 3.14. The zero-order chi connectivity index (χ0) is 25.1. The molecule has 0 saturated heterocycles. The van der Waals surface area contributed by atoms with E-state index in [1.807, 2.05) is 11.5 Å². The Morgan fingerprint density at radius 1 is 1.03 bits per heavy atom. The lowest BCUT2D eigenvalue weighted by atomic mass is 10.0. The maximum absolute atomic E-state index is 14.1. The number of hydrogen-bond donors (Lipinski definition) is 1. The van der Waals surface area contributed by atoms with Crippen LogP contribution in [0.2, 0.25) is 0 Å². The lowest BCUT2D eigenvalue weighted by Gasteiger charge is -2.11. The molecule has 1 N–H and O–H groups in total. The van der Waals surface area contributed by atoms with Crippen LogP contribution in [0, 0.1) is 12.7 Å². The number of carbonyl (C=O) groups is 2. The molecule has 9 heteroatoms. The smallest absolute Gasteiger partial charge is 0.341 e. The van der Waals surface area contributed by atoms with Crippen LogP contribution < -0.4 is 14.2 Å². The van der Waals surface area contributed by atoms with Crippen molar-refractivity contribution in [1.82, 2.24) is 9.55 Å². The van der Waals surface area contributed by atoms with E-state index in [4.69, 9.17) is 19.3 Å². The predicted molar refractivity (Wildman–Crippen MR) is 126 cm³/mol. The number of pyridine rings is 1. The number of aromatic nitrogens is 2. The van der Waals surface area contributed by atoms with Crippen LogP contribution >= 0.6 is 0 Å². The number of ketones is 1. The van der Waals surface area contributed by atoms with E-state index in [1.165, 1.54) is 19.2 Å². The van der Waals surface area contributed by atoms with Gasteiger partial charge >= 0.3 is 5.97 Å². The van der Waals surface area contributed by atoms with Crippen LogP contribution in [0.1, 0.15) is 27.2 Å². The van der Waals surface area contributed by atoms with E-state index >= 15 is 0 Å². The third-order valence-electron chi connectivity index (χ3n) is 5.62. The standard InChI is InChI=1S/C26H23FN2O6/c1-15-24(25(32)17-5-7-18(33-2)8-6-17)19-9-11-22(34-3)28-26(19)29(15)13-16-4-10-20(27)21(12-16)35-14-23(30)31/h4-12H,13-14H2,1-3H3,(H,30,31). The van der Waals surface area contributed by atoms with E-state index in [0.29, 0.717) is 45.0 Å². The van der Waals surface area contributed by atoms with Gasteiger partial charge in [-0.15, -0.1) is 0 Å². The Hall–Kier alpha value is -4.40. The zero-order valence-corrected chi connectivity index (χ0v) is 19.4. The summed E-state index contributed by atoms with van der Waals surface area (Å²) in [6.07, 6.45) is 0. The molecule has 0 unspecified atom stereocenters. The van der Waals surface area contributed by atoms with Gasteiger partial charge in [-0.3, -0.25) is 4.79 Å². The molecule has 0 aliphatic carbocycles. The van der Waals surface area contributed by atoms with Gasteiger partial charge in [0.2, 0.25) is 5.88 Å². The van der Waals surface area contributed by atoms with Gasteiger partial charge in [-0.2, -0.15) is 4.98 Å². The molecule has 0 bridgehead atoms. The van der Waals surface area contributed by atoms with Gasteiger partial charge in [-0.05, 0) is 55.0 Å². The van der Waals surface area contributed by atoms with Crippen LogP contribution in [0.5, 0.6) is 17.4 Å². The van der Waals surface area contributed by atoms with Crippen molar-refractivity contribution < 1.29 is 33.3 Å². The second-order valence-electron chi connectivity index (χ2n) is 7.78. The minimum Gasteiger partial charge on any atom is -0.497 e. The Kier molecular flexibility index (Phi) is 6.68. The number of ether oxygens (including phenoxy) is 3. The third kappa shape index (κ3) is 4.79. The molecule has 2 heterocycles. The summed E-state index contributed by atoms with van der Waals surface area (Å²) >= 11 is 0. The molecular formula is C26H23FN2O6. The Labute approximate surface area is 200 Å². The van der Waals surface area contributed by atoms with E-state index < -0.39 is 18.4 Å². The van der Waals surface area contributed by atoms with Crippen LogP contribution in [-0.2, 0) is 11.3 Å². The molecule has 0 saturated carbocycles. The maximum atomic E-state index is 14.1. The van der Waals surface area contributed by atoms with Gasteiger partial charge in [-0.1, -0.05) is 6.07 Å². The molecular weight excluding hydrogens is 455 g/mol. The number of aliphatic carboxylic acids is 1. The number of carbonyl (C=O) groups excluding carboxylic acids is 1.